The maximum Gasteiger partial charge on any atom is 0.174 e. The third kappa shape index (κ3) is 10.2. The van der Waals surface area contributed by atoms with Crippen molar-refractivity contribution in [1.29, 1.82) is 0 Å². The van der Waals surface area contributed by atoms with E-state index < -0.39 is 14.6 Å². The first-order valence-electron chi connectivity index (χ1n) is 13.8. The molecule has 0 aromatic rings. The van der Waals surface area contributed by atoms with Crippen molar-refractivity contribution in [3.63, 3.8) is 0 Å². The van der Waals surface area contributed by atoms with Gasteiger partial charge in [-0.15, -0.1) is 0 Å². The number of allylic oxidation sites excluding steroid dienone is 2. The summed E-state index contributed by atoms with van der Waals surface area (Å²) in [5.41, 5.74) is 2.80. The molecule has 36 heavy (non-hydrogen) atoms. The molecule has 0 radical (unpaired) electrons. The molecule has 0 fully saturated rings. The maximum atomic E-state index is 13.2. The Morgan fingerprint density at radius 2 is 1.08 bits per heavy atom. The SMILES string of the molecule is CCP(=O)(CC)NC(=S)N(CCN(CC1=CCCCC1)C(=S)NP(=O)(CC)CC)CC1=CCCCC1. The Balaban J connectivity index is 2.21. The first kappa shape index (κ1) is 31.5. The Hall–Kier alpha value is -0.680. The average molecular weight is 575 g/mol. The van der Waals surface area contributed by atoms with E-state index in [2.05, 4.69) is 32.1 Å². The Morgan fingerprint density at radius 1 is 0.722 bits per heavy atom. The molecule has 0 atom stereocenters. The minimum absolute atomic E-state index is 0.567. The lowest BCUT2D eigenvalue weighted by Crippen LogP contribution is -2.47. The van der Waals surface area contributed by atoms with Crippen molar-refractivity contribution in [3.05, 3.63) is 23.3 Å². The molecule has 206 valence electrons. The van der Waals surface area contributed by atoms with Crippen LogP contribution < -0.4 is 10.2 Å². The number of nitrogens with zero attached hydrogens (tertiary/aromatic N) is 2. The molecule has 0 unspecified atom stereocenters. The largest absolute Gasteiger partial charge is 0.343 e. The Morgan fingerprint density at radius 3 is 1.36 bits per heavy atom. The molecule has 6 nitrogen and oxygen atoms in total. The zero-order chi connectivity index (χ0) is 26.6. The molecule has 0 aromatic carbocycles. The summed E-state index contributed by atoms with van der Waals surface area (Å²) in [7, 11) is -5.05. The van der Waals surface area contributed by atoms with E-state index in [0.717, 1.165) is 38.8 Å². The Labute approximate surface area is 231 Å². The highest BCUT2D eigenvalue weighted by atomic mass is 32.1. The van der Waals surface area contributed by atoms with Crippen molar-refractivity contribution < 1.29 is 9.13 Å². The number of hydrogen-bond acceptors (Lipinski definition) is 4. The van der Waals surface area contributed by atoms with Crippen LogP contribution in [0.25, 0.3) is 0 Å². The van der Waals surface area contributed by atoms with Crippen LogP contribution in [0.4, 0.5) is 0 Å². The van der Waals surface area contributed by atoms with Crippen LogP contribution in [0.15, 0.2) is 23.3 Å². The van der Waals surface area contributed by atoms with Gasteiger partial charge in [0.15, 0.2) is 24.8 Å². The molecule has 2 N–H and O–H groups in total. The van der Waals surface area contributed by atoms with Gasteiger partial charge in [0.25, 0.3) is 0 Å². The van der Waals surface area contributed by atoms with Gasteiger partial charge in [-0.3, -0.25) is 0 Å². The monoisotopic (exact) mass is 574 g/mol. The summed E-state index contributed by atoms with van der Waals surface area (Å²) in [5, 5.41) is 7.61. The summed E-state index contributed by atoms with van der Waals surface area (Å²) >= 11 is 11.6. The van der Waals surface area contributed by atoms with Gasteiger partial charge in [-0.1, -0.05) is 51.0 Å². The summed E-state index contributed by atoms with van der Waals surface area (Å²) in [6, 6.07) is 0. The Bertz CT molecular complexity index is 818. The average Bonchev–Trinajstić information content (AvgIpc) is 2.90. The molecular formula is C26H48N4O2P2S2. The van der Waals surface area contributed by atoms with E-state index in [4.69, 9.17) is 24.4 Å². The number of nitrogens with one attached hydrogen (secondary N) is 2. The van der Waals surface area contributed by atoms with Gasteiger partial charge in [0.2, 0.25) is 0 Å². The molecule has 2 rings (SSSR count). The third-order valence-electron chi connectivity index (χ3n) is 7.41. The second-order valence-corrected chi connectivity index (χ2v) is 17.2. The van der Waals surface area contributed by atoms with E-state index in [1.54, 1.807) is 0 Å². The zero-order valence-electron chi connectivity index (χ0n) is 22.9. The lowest BCUT2D eigenvalue weighted by atomic mass is 9.99. The van der Waals surface area contributed by atoms with Crippen LogP contribution in [0, 0.1) is 0 Å². The fraction of sp³-hybridized carbons (Fsp3) is 0.769. The number of rotatable bonds is 13. The smallest absolute Gasteiger partial charge is 0.174 e. The molecule has 0 saturated heterocycles. The predicted octanol–water partition coefficient (Wildman–Crippen LogP) is 6.98. The summed E-state index contributed by atoms with van der Waals surface area (Å²) in [6.45, 7) is 10.6. The molecule has 0 aliphatic heterocycles. The minimum atomic E-state index is -2.53. The van der Waals surface area contributed by atoms with Crippen molar-refractivity contribution in [2.24, 2.45) is 0 Å². The van der Waals surface area contributed by atoms with Gasteiger partial charge in [0, 0.05) is 50.8 Å². The molecule has 2 aliphatic carbocycles. The fourth-order valence-electron chi connectivity index (χ4n) is 4.59. The summed E-state index contributed by atoms with van der Waals surface area (Å²) in [5.74, 6) is 0. The fourth-order valence-corrected chi connectivity index (χ4v) is 8.40. The maximum absolute atomic E-state index is 13.2. The van der Waals surface area contributed by atoms with Gasteiger partial charge in [-0.2, -0.15) is 0 Å². The first-order chi connectivity index (χ1) is 17.2. The zero-order valence-corrected chi connectivity index (χ0v) is 26.3. The van der Waals surface area contributed by atoms with Gasteiger partial charge in [0.05, 0.1) is 0 Å². The van der Waals surface area contributed by atoms with E-state index in [1.807, 2.05) is 27.7 Å². The van der Waals surface area contributed by atoms with Crippen LogP contribution >= 0.6 is 39.0 Å². The summed E-state index contributed by atoms with van der Waals surface area (Å²) in [6.07, 6.45) is 16.3. The molecular weight excluding hydrogens is 526 g/mol. The lowest BCUT2D eigenvalue weighted by Gasteiger charge is -2.34. The van der Waals surface area contributed by atoms with Crippen LogP contribution in [0.5, 0.6) is 0 Å². The van der Waals surface area contributed by atoms with Gasteiger partial charge in [-0.05, 0) is 75.8 Å². The van der Waals surface area contributed by atoms with Crippen LogP contribution in [0.1, 0.15) is 79.1 Å². The second-order valence-electron chi connectivity index (χ2n) is 9.94. The van der Waals surface area contributed by atoms with Crippen molar-refractivity contribution in [3.8, 4) is 0 Å². The summed E-state index contributed by atoms with van der Waals surface area (Å²) < 4.78 is 26.3. The minimum Gasteiger partial charge on any atom is -0.343 e. The molecule has 0 spiro atoms. The van der Waals surface area contributed by atoms with E-state index >= 15 is 0 Å². The van der Waals surface area contributed by atoms with Crippen LogP contribution in [-0.2, 0) is 9.13 Å². The van der Waals surface area contributed by atoms with Crippen molar-refractivity contribution >= 4 is 49.2 Å². The molecule has 0 heterocycles. The predicted molar refractivity (Wildman–Crippen MR) is 165 cm³/mol. The highest BCUT2D eigenvalue weighted by Gasteiger charge is 2.25. The standard InChI is InChI=1S/C26H48N4O2P2S2/c1-5-33(31,6-2)27-25(35)29(21-23-15-11-9-12-16-23)19-20-30(22-24-17-13-10-14-18-24)26(36)28-34(32,7-3)8-4/h15,17H,5-14,16,18-22H2,1-4H3,(H,27,31,35)(H,28,32,36). The van der Waals surface area contributed by atoms with Gasteiger partial charge < -0.3 is 29.1 Å². The number of hydrogen-bond donors (Lipinski definition) is 2. The molecule has 10 heteroatoms. The highest BCUT2D eigenvalue weighted by molar-refractivity contribution is 7.81. The van der Waals surface area contributed by atoms with Gasteiger partial charge >= 0.3 is 0 Å². The van der Waals surface area contributed by atoms with E-state index in [0.29, 0.717) is 48.0 Å². The van der Waals surface area contributed by atoms with Crippen molar-refractivity contribution in [1.82, 2.24) is 20.0 Å². The highest BCUT2D eigenvalue weighted by Crippen LogP contribution is 2.40. The first-order valence-corrected chi connectivity index (χ1v) is 18.8. The normalized spacial score (nSPS) is 16.6. The molecule has 0 aromatic heterocycles. The van der Waals surface area contributed by atoms with E-state index in [9.17, 15) is 9.13 Å². The summed E-state index contributed by atoms with van der Waals surface area (Å²) in [4.78, 5) is 4.32. The third-order valence-corrected chi connectivity index (χ3v) is 13.8. The van der Waals surface area contributed by atoms with E-state index in [-0.39, 0.29) is 0 Å². The molecule has 0 amide bonds. The van der Waals surface area contributed by atoms with Crippen molar-refractivity contribution in [2.45, 2.75) is 79.1 Å². The Kier molecular flexibility index (Phi) is 13.7. The van der Waals surface area contributed by atoms with Crippen LogP contribution in [0.2, 0.25) is 0 Å². The second kappa shape index (κ2) is 15.7. The van der Waals surface area contributed by atoms with Crippen molar-refractivity contribution in [2.75, 3.05) is 50.8 Å². The molecule has 0 saturated carbocycles. The lowest BCUT2D eigenvalue weighted by molar-refractivity contribution is 0.357. The van der Waals surface area contributed by atoms with Crippen LogP contribution in [0.3, 0.4) is 0 Å². The van der Waals surface area contributed by atoms with Gasteiger partial charge in [0.1, 0.15) is 0 Å². The number of thiocarbonyl (C=S) groups is 2. The van der Waals surface area contributed by atoms with Crippen LogP contribution in [-0.4, -0.2) is 70.9 Å². The van der Waals surface area contributed by atoms with Gasteiger partial charge in [-0.25, -0.2) is 0 Å². The quantitative estimate of drug-likeness (QED) is 0.139. The topological polar surface area (TPSA) is 64.7 Å². The molecule has 2 aliphatic rings. The molecule has 0 bridgehead atoms. The van der Waals surface area contributed by atoms with E-state index in [1.165, 1.54) is 36.8 Å².